The Morgan fingerprint density at radius 3 is 2.33 bits per heavy atom. The molecule has 8 heteroatoms. The third-order valence-electron chi connectivity index (χ3n) is 7.89. The lowest BCUT2D eigenvalue weighted by atomic mass is 9.82. The molecule has 1 fully saturated rings. The van der Waals surface area contributed by atoms with Gasteiger partial charge in [0, 0.05) is 24.6 Å². The molecular formula is C32H55N3O4S. The molecule has 1 saturated carbocycles. The number of benzene rings is 1. The lowest BCUT2D eigenvalue weighted by molar-refractivity contribution is -0.128. The zero-order valence-electron chi connectivity index (χ0n) is 25.5. The minimum atomic E-state index is -1.01. The predicted octanol–water partition coefficient (Wildman–Crippen LogP) is 4.12. The number of nitrogens with zero attached hydrogens (tertiary/aromatic N) is 1. The van der Waals surface area contributed by atoms with Crippen molar-refractivity contribution in [2.75, 3.05) is 38.7 Å². The molecule has 0 aromatic heterocycles. The maximum absolute atomic E-state index is 13.2. The summed E-state index contributed by atoms with van der Waals surface area (Å²) in [6.45, 7) is 7.03. The van der Waals surface area contributed by atoms with E-state index in [0.29, 0.717) is 25.2 Å². The first-order valence-corrected chi connectivity index (χ1v) is 16.4. The zero-order valence-corrected chi connectivity index (χ0v) is 26.3. The van der Waals surface area contributed by atoms with Gasteiger partial charge in [0.05, 0.1) is 24.0 Å². The Balaban J connectivity index is 1.97. The molecule has 1 aliphatic rings. The quantitative estimate of drug-likeness (QED) is 0.196. The van der Waals surface area contributed by atoms with Crippen LogP contribution in [-0.4, -0.2) is 83.9 Å². The standard InChI is InChI=1S/C32H55N3O4S/c1-23(2)18-29(36)30(37)28(20-26-14-10-7-11-15-26)34-31(38)24(3)21-33-32(39)27(22-40-17-16-35(4)5)19-25-12-8-6-9-13-25/h6,8-9,12-13,23-24,26-30,36-37H,7,10-11,14-22H2,1-5H3,(H,33,39)(H,34,38). The van der Waals surface area contributed by atoms with Gasteiger partial charge in [-0.1, -0.05) is 83.2 Å². The number of rotatable bonds is 18. The van der Waals surface area contributed by atoms with E-state index in [2.05, 4.69) is 15.5 Å². The Bertz CT molecular complexity index is 848. The fourth-order valence-electron chi connectivity index (χ4n) is 5.37. The molecule has 0 heterocycles. The van der Waals surface area contributed by atoms with Gasteiger partial charge in [-0.2, -0.15) is 11.8 Å². The van der Waals surface area contributed by atoms with Gasteiger partial charge in [0.25, 0.3) is 0 Å². The molecule has 4 N–H and O–H groups in total. The first kappa shape index (κ1) is 34.6. The number of thioether (sulfide) groups is 1. The number of carbonyl (C=O) groups is 2. The third-order valence-corrected chi connectivity index (χ3v) is 9.00. The number of carbonyl (C=O) groups excluding carboxylic acids is 2. The normalized spacial score (nSPS) is 18.2. The Morgan fingerprint density at radius 2 is 1.70 bits per heavy atom. The van der Waals surface area contributed by atoms with Gasteiger partial charge in [0.2, 0.25) is 11.8 Å². The summed E-state index contributed by atoms with van der Waals surface area (Å²) in [6, 6.07) is 9.56. The van der Waals surface area contributed by atoms with Crippen molar-refractivity contribution in [1.82, 2.24) is 15.5 Å². The summed E-state index contributed by atoms with van der Waals surface area (Å²) in [5.74, 6) is 1.50. The zero-order chi connectivity index (χ0) is 29.5. The van der Waals surface area contributed by atoms with Crippen molar-refractivity contribution in [3.8, 4) is 0 Å². The first-order chi connectivity index (χ1) is 19.1. The van der Waals surface area contributed by atoms with Crippen LogP contribution in [0.15, 0.2) is 30.3 Å². The van der Waals surface area contributed by atoms with Crippen LogP contribution in [-0.2, 0) is 16.0 Å². The van der Waals surface area contributed by atoms with E-state index in [1.165, 1.54) is 19.3 Å². The minimum absolute atomic E-state index is 0.0352. The van der Waals surface area contributed by atoms with Crippen molar-refractivity contribution in [3.05, 3.63) is 35.9 Å². The number of amides is 2. The first-order valence-electron chi connectivity index (χ1n) is 15.3. The Labute approximate surface area is 247 Å². The van der Waals surface area contributed by atoms with E-state index >= 15 is 0 Å². The number of nitrogens with one attached hydrogen (secondary N) is 2. The molecule has 7 nitrogen and oxygen atoms in total. The van der Waals surface area contributed by atoms with Crippen LogP contribution in [0.4, 0.5) is 0 Å². The molecule has 228 valence electrons. The number of hydrogen-bond acceptors (Lipinski definition) is 6. The van der Waals surface area contributed by atoms with Gasteiger partial charge in [-0.05, 0) is 50.8 Å². The highest BCUT2D eigenvalue weighted by Gasteiger charge is 2.32. The molecule has 2 amide bonds. The minimum Gasteiger partial charge on any atom is -0.390 e. The molecule has 5 atom stereocenters. The van der Waals surface area contributed by atoms with Crippen LogP contribution >= 0.6 is 11.8 Å². The van der Waals surface area contributed by atoms with Gasteiger partial charge in [-0.3, -0.25) is 9.59 Å². The van der Waals surface area contributed by atoms with Crippen LogP contribution in [0.25, 0.3) is 0 Å². The second-order valence-electron chi connectivity index (χ2n) is 12.5. The fraction of sp³-hybridized carbons (Fsp3) is 0.750. The van der Waals surface area contributed by atoms with Crippen LogP contribution in [0, 0.1) is 23.7 Å². The molecule has 5 unspecified atom stereocenters. The van der Waals surface area contributed by atoms with Crippen molar-refractivity contribution in [2.24, 2.45) is 23.7 Å². The average Bonchev–Trinajstić information content (AvgIpc) is 2.92. The molecule has 0 aliphatic heterocycles. The molecule has 40 heavy (non-hydrogen) atoms. The molecular weight excluding hydrogens is 522 g/mol. The summed E-state index contributed by atoms with van der Waals surface area (Å²) < 4.78 is 0. The summed E-state index contributed by atoms with van der Waals surface area (Å²) in [5.41, 5.74) is 1.13. The maximum atomic E-state index is 13.2. The molecule has 0 bridgehead atoms. The number of aliphatic hydroxyl groups excluding tert-OH is 2. The molecule has 0 radical (unpaired) electrons. The summed E-state index contributed by atoms with van der Waals surface area (Å²) >= 11 is 1.78. The van der Waals surface area contributed by atoms with E-state index < -0.39 is 24.2 Å². The third kappa shape index (κ3) is 13.4. The Hall–Kier alpha value is -1.61. The Kier molecular flexibility index (Phi) is 16.2. The van der Waals surface area contributed by atoms with Crippen molar-refractivity contribution in [2.45, 2.75) is 90.4 Å². The lowest BCUT2D eigenvalue weighted by Crippen LogP contribution is -2.52. The largest absolute Gasteiger partial charge is 0.390 e. The van der Waals surface area contributed by atoms with E-state index in [0.717, 1.165) is 36.5 Å². The van der Waals surface area contributed by atoms with Gasteiger partial charge < -0.3 is 25.7 Å². The predicted molar refractivity (Wildman–Crippen MR) is 166 cm³/mol. The highest BCUT2D eigenvalue weighted by atomic mass is 32.2. The van der Waals surface area contributed by atoms with Gasteiger partial charge in [0.1, 0.15) is 6.10 Å². The highest BCUT2D eigenvalue weighted by Crippen LogP contribution is 2.29. The lowest BCUT2D eigenvalue weighted by Gasteiger charge is -2.33. The van der Waals surface area contributed by atoms with Crippen LogP contribution < -0.4 is 10.6 Å². The van der Waals surface area contributed by atoms with Crippen LogP contribution in [0.5, 0.6) is 0 Å². The summed E-state index contributed by atoms with van der Waals surface area (Å²) in [6.07, 6.45) is 5.71. The van der Waals surface area contributed by atoms with Crippen molar-refractivity contribution in [3.63, 3.8) is 0 Å². The van der Waals surface area contributed by atoms with Gasteiger partial charge in [-0.15, -0.1) is 0 Å². The highest BCUT2D eigenvalue weighted by molar-refractivity contribution is 7.99. The van der Waals surface area contributed by atoms with Gasteiger partial charge in [0.15, 0.2) is 0 Å². The monoisotopic (exact) mass is 577 g/mol. The second-order valence-corrected chi connectivity index (χ2v) is 13.6. The summed E-state index contributed by atoms with van der Waals surface area (Å²) in [7, 11) is 4.09. The maximum Gasteiger partial charge on any atom is 0.224 e. The number of hydrogen-bond donors (Lipinski definition) is 4. The van der Waals surface area contributed by atoms with Crippen LogP contribution in [0.2, 0.25) is 0 Å². The van der Waals surface area contributed by atoms with E-state index in [1.807, 2.05) is 65.2 Å². The topological polar surface area (TPSA) is 102 Å². The fourth-order valence-corrected chi connectivity index (χ4v) is 6.59. The van der Waals surface area contributed by atoms with E-state index in [4.69, 9.17) is 0 Å². The average molecular weight is 578 g/mol. The molecule has 0 spiro atoms. The van der Waals surface area contributed by atoms with Crippen molar-refractivity contribution >= 4 is 23.6 Å². The number of aliphatic hydroxyl groups is 2. The molecule has 1 aliphatic carbocycles. The van der Waals surface area contributed by atoms with Crippen molar-refractivity contribution < 1.29 is 19.8 Å². The SMILES string of the molecule is CC(C)CC(O)C(O)C(CC1CCCCC1)NC(=O)C(C)CNC(=O)C(CSCCN(C)C)Cc1ccccc1. The van der Waals surface area contributed by atoms with E-state index in [9.17, 15) is 19.8 Å². The van der Waals surface area contributed by atoms with Gasteiger partial charge in [-0.25, -0.2) is 0 Å². The van der Waals surface area contributed by atoms with Crippen LogP contribution in [0.3, 0.4) is 0 Å². The van der Waals surface area contributed by atoms with Crippen molar-refractivity contribution in [1.29, 1.82) is 0 Å². The van der Waals surface area contributed by atoms with Gasteiger partial charge >= 0.3 is 0 Å². The Morgan fingerprint density at radius 1 is 1.02 bits per heavy atom. The molecule has 1 aromatic carbocycles. The van der Waals surface area contributed by atoms with E-state index in [-0.39, 0.29) is 30.2 Å². The summed E-state index contributed by atoms with van der Waals surface area (Å²) in [4.78, 5) is 28.6. The summed E-state index contributed by atoms with van der Waals surface area (Å²) in [5, 5.41) is 27.8. The molecule has 0 saturated heterocycles. The smallest absolute Gasteiger partial charge is 0.224 e. The van der Waals surface area contributed by atoms with Crippen LogP contribution in [0.1, 0.15) is 71.3 Å². The van der Waals surface area contributed by atoms with E-state index in [1.54, 1.807) is 11.8 Å². The second kappa shape index (κ2) is 18.7. The molecule has 2 rings (SSSR count). The molecule has 1 aromatic rings.